The van der Waals surface area contributed by atoms with Gasteiger partial charge in [-0.05, 0) is 18.8 Å². The number of aliphatic hydroxyl groups excluding tert-OH is 1. The van der Waals surface area contributed by atoms with Crippen molar-refractivity contribution in [2.75, 3.05) is 6.61 Å². The van der Waals surface area contributed by atoms with Gasteiger partial charge in [0, 0.05) is 0 Å². The lowest BCUT2D eigenvalue weighted by molar-refractivity contribution is -0.0471. The van der Waals surface area contributed by atoms with Crippen LogP contribution in [0, 0.1) is 5.41 Å². The summed E-state index contributed by atoms with van der Waals surface area (Å²) in [7, 11) is 0. The van der Waals surface area contributed by atoms with Crippen molar-refractivity contribution in [3.63, 3.8) is 0 Å². The van der Waals surface area contributed by atoms with Gasteiger partial charge in [0.2, 0.25) is 0 Å². The van der Waals surface area contributed by atoms with Crippen molar-refractivity contribution in [3.05, 3.63) is 0 Å². The number of ether oxygens (including phenoxy) is 1. The van der Waals surface area contributed by atoms with E-state index >= 15 is 0 Å². The zero-order valence-electron chi connectivity index (χ0n) is 11.8. The van der Waals surface area contributed by atoms with Crippen LogP contribution in [0.3, 0.4) is 0 Å². The molecule has 0 heterocycles. The smallest absolute Gasteiger partial charge is 0.0821 e. The second kappa shape index (κ2) is 8.08. The third-order valence-electron chi connectivity index (χ3n) is 3.00. The largest absolute Gasteiger partial charge is 0.390 e. The van der Waals surface area contributed by atoms with E-state index in [-0.39, 0.29) is 17.6 Å². The highest BCUT2D eigenvalue weighted by Crippen LogP contribution is 2.20. The molecule has 2 atom stereocenters. The highest BCUT2D eigenvalue weighted by molar-refractivity contribution is 4.72. The van der Waals surface area contributed by atoms with Crippen LogP contribution in [0.25, 0.3) is 0 Å². The molecule has 0 aliphatic carbocycles. The Balaban J connectivity index is 3.53. The van der Waals surface area contributed by atoms with Crippen LogP contribution in [-0.4, -0.2) is 23.9 Å². The maximum Gasteiger partial charge on any atom is 0.0821 e. The zero-order valence-corrected chi connectivity index (χ0v) is 11.8. The summed E-state index contributed by atoms with van der Waals surface area (Å²) in [5.41, 5.74) is -0.0814. The molecule has 0 aromatic rings. The third-order valence-corrected chi connectivity index (χ3v) is 3.00. The van der Waals surface area contributed by atoms with Crippen LogP contribution in [-0.2, 0) is 4.74 Å². The van der Waals surface area contributed by atoms with Gasteiger partial charge in [0.25, 0.3) is 0 Å². The summed E-state index contributed by atoms with van der Waals surface area (Å²) in [6.07, 6.45) is 6.14. The average Bonchev–Trinajstić information content (AvgIpc) is 2.19. The normalized spacial score (nSPS) is 16.1. The topological polar surface area (TPSA) is 29.5 Å². The summed E-state index contributed by atoms with van der Waals surface area (Å²) in [5.74, 6) is 0. The molecule has 0 bridgehead atoms. The van der Waals surface area contributed by atoms with Crippen LogP contribution in [0.5, 0.6) is 0 Å². The predicted molar refractivity (Wildman–Crippen MR) is 69.6 cm³/mol. The fourth-order valence-corrected chi connectivity index (χ4v) is 1.45. The highest BCUT2D eigenvalue weighted by Gasteiger charge is 2.22. The Kier molecular flexibility index (Phi) is 8.04. The highest BCUT2D eigenvalue weighted by atomic mass is 16.5. The van der Waals surface area contributed by atoms with Gasteiger partial charge in [0.1, 0.15) is 0 Å². The Labute approximate surface area is 101 Å². The number of unbranched alkanes of at least 4 members (excludes halogenated alkanes) is 3. The summed E-state index contributed by atoms with van der Waals surface area (Å²) in [5, 5.41) is 9.82. The van der Waals surface area contributed by atoms with Crippen molar-refractivity contribution in [2.45, 2.75) is 78.9 Å². The molecule has 0 spiro atoms. The van der Waals surface area contributed by atoms with Crippen LogP contribution in [0.15, 0.2) is 0 Å². The first-order valence-corrected chi connectivity index (χ1v) is 6.67. The van der Waals surface area contributed by atoms with Crippen molar-refractivity contribution >= 4 is 0 Å². The van der Waals surface area contributed by atoms with Crippen LogP contribution in [0.1, 0.15) is 66.7 Å². The lowest BCUT2D eigenvalue weighted by Crippen LogP contribution is -2.32. The van der Waals surface area contributed by atoms with E-state index in [0.717, 1.165) is 6.42 Å². The summed E-state index contributed by atoms with van der Waals surface area (Å²) < 4.78 is 5.66. The number of rotatable bonds is 8. The first kappa shape index (κ1) is 15.9. The van der Waals surface area contributed by atoms with Gasteiger partial charge >= 0.3 is 0 Å². The molecule has 0 saturated heterocycles. The maximum atomic E-state index is 9.82. The van der Waals surface area contributed by atoms with Crippen LogP contribution in [0.2, 0.25) is 0 Å². The van der Waals surface area contributed by atoms with Crippen LogP contribution >= 0.6 is 0 Å². The molecule has 16 heavy (non-hydrogen) atoms. The second-order valence-electron chi connectivity index (χ2n) is 5.88. The molecule has 2 heteroatoms. The molecule has 1 N–H and O–H groups in total. The molecular weight excluding hydrogens is 200 g/mol. The summed E-state index contributed by atoms with van der Waals surface area (Å²) in [6.45, 7) is 10.9. The van der Waals surface area contributed by atoms with Gasteiger partial charge in [-0.25, -0.2) is 0 Å². The molecule has 0 radical (unpaired) electrons. The Morgan fingerprint density at radius 3 is 2.25 bits per heavy atom. The van der Waals surface area contributed by atoms with Crippen molar-refractivity contribution in [2.24, 2.45) is 5.41 Å². The van der Waals surface area contributed by atoms with E-state index in [2.05, 4.69) is 13.8 Å². The van der Waals surface area contributed by atoms with E-state index in [0.29, 0.717) is 6.61 Å². The van der Waals surface area contributed by atoms with Gasteiger partial charge in [-0.3, -0.25) is 0 Å². The molecule has 0 aromatic carbocycles. The van der Waals surface area contributed by atoms with Crippen LogP contribution < -0.4 is 0 Å². The fraction of sp³-hybridized carbons (Fsp3) is 1.00. The maximum absolute atomic E-state index is 9.82. The fourth-order valence-electron chi connectivity index (χ4n) is 1.45. The Hall–Kier alpha value is -0.0800. The first-order valence-electron chi connectivity index (χ1n) is 6.67. The molecular formula is C14H30O2. The van der Waals surface area contributed by atoms with E-state index in [4.69, 9.17) is 4.74 Å². The minimum absolute atomic E-state index is 0.0814. The van der Waals surface area contributed by atoms with Gasteiger partial charge in [0.15, 0.2) is 0 Å². The second-order valence-corrected chi connectivity index (χ2v) is 5.88. The lowest BCUT2D eigenvalue weighted by atomic mass is 9.90. The van der Waals surface area contributed by atoms with Gasteiger partial charge < -0.3 is 9.84 Å². The molecule has 0 aromatic heterocycles. The first-order chi connectivity index (χ1) is 7.38. The molecule has 0 rings (SSSR count). The summed E-state index contributed by atoms with van der Waals surface area (Å²) in [4.78, 5) is 0. The summed E-state index contributed by atoms with van der Waals surface area (Å²) in [6, 6.07) is 0. The molecule has 0 amide bonds. The average molecular weight is 230 g/mol. The van der Waals surface area contributed by atoms with E-state index < -0.39 is 0 Å². The van der Waals surface area contributed by atoms with Crippen molar-refractivity contribution in [1.82, 2.24) is 0 Å². The Morgan fingerprint density at radius 1 is 1.12 bits per heavy atom. The molecule has 2 unspecified atom stereocenters. The van der Waals surface area contributed by atoms with Gasteiger partial charge in [0.05, 0.1) is 18.8 Å². The quantitative estimate of drug-likeness (QED) is 0.643. The number of hydrogen-bond acceptors (Lipinski definition) is 2. The predicted octanol–water partition coefficient (Wildman–Crippen LogP) is 3.77. The van der Waals surface area contributed by atoms with E-state index in [1.807, 2.05) is 20.8 Å². The molecule has 98 valence electrons. The number of hydrogen-bond donors (Lipinski definition) is 1. The minimum Gasteiger partial charge on any atom is -0.390 e. The van der Waals surface area contributed by atoms with E-state index in [1.165, 1.54) is 25.7 Å². The van der Waals surface area contributed by atoms with E-state index in [1.54, 1.807) is 0 Å². The zero-order chi connectivity index (χ0) is 12.6. The number of aliphatic hydroxyl groups is 1. The van der Waals surface area contributed by atoms with Gasteiger partial charge in [-0.2, -0.15) is 0 Å². The third kappa shape index (κ3) is 8.12. The van der Waals surface area contributed by atoms with Crippen molar-refractivity contribution in [3.8, 4) is 0 Å². The molecule has 0 fully saturated rings. The SMILES string of the molecule is CCCCCCC(C)OCC(O)C(C)(C)C. The van der Waals surface area contributed by atoms with Crippen molar-refractivity contribution < 1.29 is 9.84 Å². The molecule has 0 saturated carbocycles. The lowest BCUT2D eigenvalue weighted by Gasteiger charge is -2.27. The van der Waals surface area contributed by atoms with Crippen molar-refractivity contribution in [1.29, 1.82) is 0 Å². The summed E-state index contributed by atoms with van der Waals surface area (Å²) >= 11 is 0. The Morgan fingerprint density at radius 2 is 1.75 bits per heavy atom. The van der Waals surface area contributed by atoms with Gasteiger partial charge in [-0.1, -0.05) is 53.4 Å². The van der Waals surface area contributed by atoms with Crippen LogP contribution in [0.4, 0.5) is 0 Å². The molecule has 2 nitrogen and oxygen atoms in total. The monoisotopic (exact) mass is 230 g/mol. The molecule has 0 aliphatic heterocycles. The minimum atomic E-state index is -0.370. The molecule has 0 aliphatic rings. The van der Waals surface area contributed by atoms with Gasteiger partial charge in [-0.15, -0.1) is 0 Å². The Bertz CT molecular complexity index is 161. The standard InChI is InChI=1S/C14H30O2/c1-6-7-8-9-10-12(2)16-11-13(15)14(3,4)5/h12-13,15H,6-11H2,1-5H3. The van der Waals surface area contributed by atoms with E-state index in [9.17, 15) is 5.11 Å².